The summed E-state index contributed by atoms with van der Waals surface area (Å²) in [7, 11) is 0. The van der Waals surface area contributed by atoms with Crippen LogP contribution in [0.3, 0.4) is 0 Å². The zero-order valence-electron chi connectivity index (χ0n) is 13.5. The van der Waals surface area contributed by atoms with Gasteiger partial charge in [-0.2, -0.15) is 0 Å². The van der Waals surface area contributed by atoms with Crippen LogP contribution in [-0.4, -0.2) is 11.1 Å². The molecule has 0 N–H and O–H groups in total. The molecule has 0 aliphatic rings. The molecule has 0 heterocycles. The lowest BCUT2D eigenvalue weighted by molar-refractivity contribution is -0.119. The van der Waals surface area contributed by atoms with Crippen molar-refractivity contribution in [2.45, 2.75) is 65.2 Å². The maximum Gasteiger partial charge on any atom is 0.130 e. The molecular formula is C19H29BrO. The molecule has 0 aromatic heterocycles. The SMILES string of the molecule is CC(=O)CC(C)(CCCCCCBr)CCc1ccccc1. The molecule has 0 amide bonds. The number of benzene rings is 1. The Morgan fingerprint density at radius 1 is 1.05 bits per heavy atom. The summed E-state index contributed by atoms with van der Waals surface area (Å²) in [6, 6.07) is 10.6. The van der Waals surface area contributed by atoms with Crippen LogP contribution in [0.5, 0.6) is 0 Å². The third-order valence-electron chi connectivity index (χ3n) is 4.20. The number of hydrogen-bond acceptors (Lipinski definition) is 1. The van der Waals surface area contributed by atoms with E-state index in [4.69, 9.17) is 0 Å². The molecule has 0 saturated carbocycles. The minimum Gasteiger partial charge on any atom is -0.300 e. The Morgan fingerprint density at radius 3 is 2.33 bits per heavy atom. The molecule has 1 nitrogen and oxygen atoms in total. The van der Waals surface area contributed by atoms with Gasteiger partial charge in [-0.15, -0.1) is 0 Å². The van der Waals surface area contributed by atoms with E-state index in [9.17, 15) is 4.79 Å². The Balaban J connectivity index is 2.46. The first kappa shape index (κ1) is 18.4. The minimum absolute atomic E-state index is 0.163. The molecule has 1 aromatic carbocycles. The molecule has 2 heteroatoms. The van der Waals surface area contributed by atoms with Gasteiger partial charge in [0.05, 0.1) is 0 Å². The molecule has 1 atom stereocenters. The van der Waals surface area contributed by atoms with E-state index in [1.165, 1.54) is 37.7 Å². The van der Waals surface area contributed by atoms with Gasteiger partial charge in [0.2, 0.25) is 0 Å². The molecule has 0 radical (unpaired) electrons. The van der Waals surface area contributed by atoms with Crippen LogP contribution in [0.4, 0.5) is 0 Å². The molecule has 1 rings (SSSR count). The van der Waals surface area contributed by atoms with E-state index in [0.29, 0.717) is 5.78 Å². The van der Waals surface area contributed by atoms with Gasteiger partial charge in [-0.05, 0) is 43.6 Å². The van der Waals surface area contributed by atoms with Gasteiger partial charge >= 0.3 is 0 Å². The third kappa shape index (κ3) is 8.40. The van der Waals surface area contributed by atoms with Crippen molar-refractivity contribution in [2.24, 2.45) is 5.41 Å². The predicted molar refractivity (Wildman–Crippen MR) is 95.0 cm³/mol. The first-order valence-corrected chi connectivity index (χ1v) is 9.27. The van der Waals surface area contributed by atoms with Gasteiger partial charge in [0.25, 0.3) is 0 Å². The van der Waals surface area contributed by atoms with E-state index in [0.717, 1.165) is 24.6 Å². The number of halogens is 1. The van der Waals surface area contributed by atoms with Crippen molar-refractivity contribution >= 4 is 21.7 Å². The molecule has 21 heavy (non-hydrogen) atoms. The van der Waals surface area contributed by atoms with Crippen molar-refractivity contribution in [1.82, 2.24) is 0 Å². The summed E-state index contributed by atoms with van der Waals surface area (Å²) in [5.74, 6) is 0.325. The average molecular weight is 353 g/mol. The van der Waals surface area contributed by atoms with Crippen LogP contribution < -0.4 is 0 Å². The maximum absolute atomic E-state index is 11.6. The van der Waals surface area contributed by atoms with Gasteiger partial charge in [0, 0.05) is 11.8 Å². The van der Waals surface area contributed by atoms with Crippen LogP contribution in [0.1, 0.15) is 64.4 Å². The predicted octanol–water partition coefficient (Wildman–Crippen LogP) is 5.95. The van der Waals surface area contributed by atoms with Crippen molar-refractivity contribution < 1.29 is 4.79 Å². The topological polar surface area (TPSA) is 17.1 Å². The molecule has 118 valence electrons. The van der Waals surface area contributed by atoms with Crippen molar-refractivity contribution in [2.75, 3.05) is 5.33 Å². The first-order valence-electron chi connectivity index (χ1n) is 8.15. The zero-order chi connectivity index (χ0) is 15.6. The first-order chi connectivity index (χ1) is 10.1. The van der Waals surface area contributed by atoms with Crippen LogP contribution >= 0.6 is 15.9 Å². The van der Waals surface area contributed by atoms with Crippen molar-refractivity contribution in [3.63, 3.8) is 0 Å². The van der Waals surface area contributed by atoms with E-state index >= 15 is 0 Å². The molecule has 0 aliphatic heterocycles. The highest BCUT2D eigenvalue weighted by Gasteiger charge is 2.25. The number of ketones is 1. The second-order valence-corrected chi connectivity index (χ2v) is 7.32. The van der Waals surface area contributed by atoms with Gasteiger partial charge < -0.3 is 4.79 Å². The molecule has 0 saturated heterocycles. The van der Waals surface area contributed by atoms with E-state index in [1.54, 1.807) is 6.92 Å². The number of alkyl halides is 1. The van der Waals surface area contributed by atoms with Crippen LogP contribution in [-0.2, 0) is 11.2 Å². The molecule has 0 aliphatic carbocycles. The summed E-state index contributed by atoms with van der Waals surface area (Å²) < 4.78 is 0. The lowest BCUT2D eigenvalue weighted by Crippen LogP contribution is -2.21. The second-order valence-electron chi connectivity index (χ2n) is 6.53. The fourth-order valence-electron chi connectivity index (χ4n) is 2.99. The van der Waals surface area contributed by atoms with Crippen LogP contribution in [0, 0.1) is 5.41 Å². The van der Waals surface area contributed by atoms with Gasteiger partial charge in [0.15, 0.2) is 0 Å². The van der Waals surface area contributed by atoms with Gasteiger partial charge in [0.1, 0.15) is 5.78 Å². The Kier molecular flexibility index (Phi) is 8.91. The standard InChI is InChI=1S/C19H29BrO/c1-17(21)16-19(2,13-8-3-4-9-15-20)14-12-18-10-6-5-7-11-18/h5-7,10-11H,3-4,8-9,12-16H2,1-2H3. The van der Waals surface area contributed by atoms with E-state index in [1.807, 2.05) is 0 Å². The molecule has 0 bridgehead atoms. The molecule has 0 spiro atoms. The lowest BCUT2D eigenvalue weighted by Gasteiger charge is -2.29. The van der Waals surface area contributed by atoms with Gasteiger partial charge in [-0.1, -0.05) is 72.4 Å². The quantitative estimate of drug-likeness (QED) is 0.355. The van der Waals surface area contributed by atoms with Crippen LogP contribution in [0.25, 0.3) is 0 Å². The van der Waals surface area contributed by atoms with Crippen LogP contribution in [0.15, 0.2) is 30.3 Å². The smallest absolute Gasteiger partial charge is 0.130 e. The largest absolute Gasteiger partial charge is 0.300 e. The normalized spacial score (nSPS) is 13.9. The highest BCUT2D eigenvalue weighted by molar-refractivity contribution is 9.09. The molecule has 0 fully saturated rings. The summed E-state index contributed by atoms with van der Waals surface area (Å²) in [5.41, 5.74) is 1.54. The Labute approximate surface area is 138 Å². The number of carbonyl (C=O) groups excluding carboxylic acids is 1. The van der Waals surface area contributed by atoms with E-state index in [-0.39, 0.29) is 5.41 Å². The van der Waals surface area contributed by atoms with E-state index < -0.39 is 0 Å². The average Bonchev–Trinajstić information content (AvgIpc) is 2.45. The van der Waals surface area contributed by atoms with Crippen molar-refractivity contribution in [1.29, 1.82) is 0 Å². The highest BCUT2D eigenvalue weighted by Crippen LogP contribution is 2.34. The Bertz CT molecular complexity index is 401. The maximum atomic E-state index is 11.6. The zero-order valence-corrected chi connectivity index (χ0v) is 15.1. The summed E-state index contributed by atoms with van der Waals surface area (Å²) in [6.45, 7) is 4.02. The van der Waals surface area contributed by atoms with E-state index in [2.05, 4.69) is 53.2 Å². The molecule has 1 aromatic rings. The second kappa shape index (κ2) is 10.2. The summed E-state index contributed by atoms with van der Waals surface area (Å²) >= 11 is 3.48. The number of rotatable bonds is 11. The fraction of sp³-hybridized carbons (Fsp3) is 0.632. The minimum atomic E-state index is 0.163. The van der Waals surface area contributed by atoms with Gasteiger partial charge in [-0.3, -0.25) is 0 Å². The van der Waals surface area contributed by atoms with Crippen molar-refractivity contribution in [3.05, 3.63) is 35.9 Å². The molecular weight excluding hydrogens is 324 g/mol. The number of carbonyl (C=O) groups is 1. The highest BCUT2D eigenvalue weighted by atomic mass is 79.9. The Hall–Kier alpha value is -0.630. The summed E-state index contributed by atoms with van der Waals surface area (Å²) in [5, 5.41) is 1.10. The summed E-state index contributed by atoms with van der Waals surface area (Å²) in [6.07, 6.45) is 9.14. The number of Topliss-reactive ketones (excluding diaryl/α,β-unsaturated/α-hetero) is 1. The fourth-order valence-corrected chi connectivity index (χ4v) is 3.39. The van der Waals surface area contributed by atoms with Gasteiger partial charge in [-0.25, -0.2) is 0 Å². The van der Waals surface area contributed by atoms with Crippen LogP contribution in [0.2, 0.25) is 0 Å². The summed E-state index contributed by atoms with van der Waals surface area (Å²) in [4.78, 5) is 11.6. The lowest BCUT2D eigenvalue weighted by atomic mass is 9.76. The monoisotopic (exact) mass is 352 g/mol. The number of unbranched alkanes of at least 4 members (excludes halogenated alkanes) is 3. The van der Waals surface area contributed by atoms with Crippen molar-refractivity contribution in [3.8, 4) is 0 Å². The Morgan fingerprint density at radius 2 is 1.71 bits per heavy atom. The third-order valence-corrected chi connectivity index (χ3v) is 4.76. The number of aryl methyl sites for hydroxylation is 1. The molecule has 1 unspecified atom stereocenters. The number of hydrogen-bond donors (Lipinski definition) is 0.